The molecule has 0 atom stereocenters. The Morgan fingerprint density at radius 1 is 1.14 bits per heavy atom. The molecule has 0 bridgehead atoms. The van der Waals surface area contributed by atoms with Crippen molar-refractivity contribution in [3.63, 3.8) is 0 Å². The van der Waals surface area contributed by atoms with Gasteiger partial charge in [-0.1, -0.05) is 18.2 Å². The third-order valence-electron chi connectivity index (χ3n) is 2.11. The minimum absolute atomic E-state index is 0.0733. The molecule has 1 aromatic carbocycles. The lowest BCUT2D eigenvalue weighted by atomic mass is 10.2. The first kappa shape index (κ1) is 8.74. The predicted octanol–water partition coefficient (Wildman–Crippen LogP) is 0.149. The van der Waals surface area contributed by atoms with E-state index in [0.29, 0.717) is 0 Å². The molecular formula is C10H10N2O2. The SMILES string of the molecule is O=C1CN(c2ccccc2)C(=O)CN1. The van der Waals surface area contributed by atoms with Crippen molar-refractivity contribution in [2.45, 2.75) is 0 Å². The Morgan fingerprint density at radius 2 is 1.86 bits per heavy atom. The first-order valence-corrected chi connectivity index (χ1v) is 4.39. The molecule has 4 nitrogen and oxygen atoms in total. The van der Waals surface area contributed by atoms with Crippen LogP contribution in [0.5, 0.6) is 0 Å². The number of nitrogens with zero attached hydrogens (tertiary/aromatic N) is 1. The van der Waals surface area contributed by atoms with Gasteiger partial charge in [0.1, 0.15) is 6.54 Å². The van der Waals surface area contributed by atoms with Crippen LogP contribution >= 0.6 is 0 Å². The molecule has 0 unspecified atom stereocenters. The number of amides is 2. The van der Waals surface area contributed by atoms with Crippen LogP contribution in [0.4, 0.5) is 5.69 Å². The second-order valence-electron chi connectivity index (χ2n) is 3.09. The molecule has 2 amide bonds. The number of piperazine rings is 1. The summed E-state index contributed by atoms with van der Waals surface area (Å²) in [6.45, 7) is 0.205. The fraction of sp³-hybridized carbons (Fsp3) is 0.200. The second-order valence-corrected chi connectivity index (χ2v) is 3.09. The molecule has 14 heavy (non-hydrogen) atoms. The highest BCUT2D eigenvalue weighted by atomic mass is 16.2. The molecule has 0 aromatic heterocycles. The highest BCUT2D eigenvalue weighted by Crippen LogP contribution is 2.14. The summed E-state index contributed by atoms with van der Waals surface area (Å²) in [7, 11) is 0. The van der Waals surface area contributed by atoms with E-state index in [0.717, 1.165) is 5.69 Å². The Labute approximate surface area is 81.5 Å². The van der Waals surface area contributed by atoms with Crippen LogP contribution < -0.4 is 10.2 Å². The number of carbonyl (C=O) groups excluding carboxylic acids is 2. The number of hydrogen-bond acceptors (Lipinski definition) is 2. The van der Waals surface area contributed by atoms with Crippen molar-refractivity contribution in [1.82, 2.24) is 5.32 Å². The van der Waals surface area contributed by atoms with Gasteiger partial charge in [-0.3, -0.25) is 9.59 Å². The van der Waals surface area contributed by atoms with E-state index >= 15 is 0 Å². The van der Waals surface area contributed by atoms with Gasteiger partial charge >= 0.3 is 0 Å². The lowest BCUT2D eigenvalue weighted by Gasteiger charge is -2.26. The number of para-hydroxylation sites is 1. The zero-order chi connectivity index (χ0) is 9.97. The Balaban J connectivity index is 2.24. The quantitative estimate of drug-likeness (QED) is 0.685. The van der Waals surface area contributed by atoms with Crippen molar-refractivity contribution in [3.8, 4) is 0 Å². The van der Waals surface area contributed by atoms with Gasteiger partial charge in [-0.05, 0) is 12.1 Å². The molecule has 2 rings (SSSR count). The maximum atomic E-state index is 11.5. The molecule has 0 saturated carbocycles. The van der Waals surface area contributed by atoms with Crippen molar-refractivity contribution >= 4 is 17.5 Å². The first-order valence-electron chi connectivity index (χ1n) is 4.39. The lowest BCUT2D eigenvalue weighted by molar-refractivity contribution is -0.128. The largest absolute Gasteiger partial charge is 0.345 e. The standard InChI is InChI=1S/C10H10N2O2/c13-9-7-12(10(14)6-11-9)8-4-2-1-3-5-8/h1-5H,6-7H2,(H,11,13). The highest BCUT2D eigenvalue weighted by Gasteiger charge is 2.23. The molecule has 1 fully saturated rings. The van der Waals surface area contributed by atoms with Crippen LogP contribution in [0.1, 0.15) is 0 Å². The summed E-state index contributed by atoms with van der Waals surface area (Å²) in [4.78, 5) is 24.0. The summed E-state index contributed by atoms with van der Waals surface area (Å²) in [5.41, 5.74) is 0.771. The number of benzene rings is 1. The van der Waals surface area contributed by atoms with E-state index in [1.54, 1.807) is 0 Å². The third-order valence-corrected chi connectivity index (χ3v) is 2.11. The van der Waals surface area contributed by atoms with Gasteiger partial charge < -0.3 is 10.2 Å². The lowest BCUT2D eigenvalue weighted by Crippen LogP contribution is -2.51. The van der Waals surface area contributed by atoms with Crippen molar-refractivity contribution in [2.24, 2.45) is 0 Å². The van der Waals surface area contributed by atoms with E-state index in [4.69, 9.17) is 0 Å². The molecule has 1 saturated heterocycles. The zero-order valence-electron chi connectivity index (χ0n) is 7.56. The molecular weight excluding hydrogens is 180 g/mol. The topological polar surface area (TPSA) is 49.4 Å². The number of carbonyl (C=O) groups is 2. The molecule has 72 valence electrons. The van der Waals surface area contributed by atoms with E-state index in [1.165, 1.54) is 4.90 Å². The van der Waals surface area contributed by atoms with Gasteiger partial charge in [-0.25, -0.2) is 0 Å². The normalized spacial score (nSPS) is 16.7. The van der Waals surface area contributed by atoms with Crippen molar-refractivity contribution in [3.05, 3.63) is 30.3 Å². The Kier molecular flexibility index (Phi) is 2.18. The number of nitrogens with one attached hydrogen (secondary N) is 1. The first-order chi connectivity index (χ1) is 6.77. The maximum absolute atomic E-state index is 11.5. The summed E-state index contributed by atoms with van der Waals surface area (Å²) < 4.78 is 0. The van der Waals surface area contributed by atoms with Crippen LogP contribution in [-0.4, -0.2) is 24.9 Å². The van der Waals surface area contributed by atoms with Crippen LogP contribution in [0, 0.1) is 0 Å². The van der Waals surface area contributed by atoms with Gasteiger partial charge in [0.05, 0.1) is 6.54 Å². The van der Waals surface area contributed by atoms with Gasteiger partial charge in [0.2, 0.25) is 11.8 Å². The summed E-state index contributed by atoms with van der Waals surface area (Å²) in [5, 5.41) is 2.50. The number of hydrogen-bond donors (Lipinski definition) is 1. The van der Waals surface area contributed by atoms with E-state index in [2.05, 4.69) is 5.32 Å². The predicted molar refractivity (Wildman–Crippen MR) is 51.8 cm³/mol. The molecule has 1 aliphatic heterocycles. The fourth-order valence-corrected chi connectivity index (χ4v) is 1.40. The van der Waals surface area contributed by atoms with Gasteiger partial charge in [-0.2, -0.15) is 0 Å². The van der Waals surface area contributed by atoms with E-state index < -0.39 is 0 Å². The van der Waals surface area contributed by atoms with Crippen LogP contribution in [-0.2, 0) is 9.59 Å². The Hall–Kier alpha value is -1.84. The average Bonchev–Trinajstić information content (AvgIpc) is 2.23. The van der Waals surface area contributed by atoms with Crippen molar-refractivity contribution < 1.29 is 9.59 Å². The molecule has 1 heterocycles. The summed E-state index contributed by atoms with van der Waals surface area (Å²) in [5.74, 6) is -0.191. The molecule has 1 N–H and O–H groups in total. The van der Waals surface area contributed by atoms with Gasteiger partial charge in [0.25, 0.3) is 0 Å². The Bertz CT molecular complexity index is 362. The molecule has 0 aliphatic carbocycles. The van der Waals surface area contributed by atoms with Crippen LogP contribution in [0.25, 0.3) is 0 Å². The van der Waals surface area contributed by atoms with Crippen LogP contribution in [0.2, 0.25) is 0 Å². The highest BCUT2D eigenvalue weighted by molar-refractivity contribution is 6.04. The minimum Gasteiger partial charge on any atom is -0.345 e. The van der Waals surface area contributed by atoms with Gasteiger partial charge in [0.15, 0.2) is 0 Å². The second kappa shape index (κ2) is 3.49. The molecule has 0 spiro atoms. The molecule has 1 aliphatic rings. The summed E-state index contributed by atoms with van der Waals surface area (Å²) in [6.07, 6.45) is 0. The maximum Gasteiger partial charge on any atom is 0.246 e. The van der Waals surface area contributed by atoms with E-state index in [1.807, 2.05) is 30.3 Å². The zero-order valence-corrected chi connectivity index (χ0v) is 7.56. The molecule has 0 radical (unpaired) electrons. The van der Waals surface area contributed by atoms with E-state index in [-0.39, 0.29) is 24.9 Å². The molecule has 4 heteroatoms. The van der Waals surface area contributed by atoms with E-state index in [9.17, 15) is 9.59 Å². The van der Waals surface area contributed by atoms with Crippen molar-refractivity contribution in [2.75, 3.05) is 18.0 Å². The monoisotopic (exact) mass is 190 g/mol. The summed E-state index contributed by atoms with van der Waals surface area (Å²) in [6, 6.07) is 9.19. The number of rotatable bonds is 1. The number of anilines is 1. The summed E-state index contributed by atoms with van der Waals surface area (Å²) >= 11 is 0. The van der Waals surface area contributed by atoms with Crippen molar-refractivity contribution in [1.29, 1.82) is 0 Å². The third kappa shape index (κ3) is 1.59. The average molecular weight is 190 g/mol. The van der Waals surface area contributed by atoms with Crippen LogP contribution in [0.3, 0.4) is 0 Å². The van der Waals surface area contributed by atoms with Gasteiger partial charge in [-0.15, -0.1) is 0 Å². The minimum atomic E-state index is -0.117. The van der Waals surface area contributed by atoms with Crippen LogP contribution in [0.15, 0.2) is 30.3 Å². The molecule has 1 aromatic rings. The fourth-order valence-electron chi connectivity index (χ4n) is 1.40. The van der Waals surface area contributed by atoms with Gasteiger partial charge in [0, 0.05) is 5.69 Å². The smallest absolute Gasteiger partial charge is 0.246 e. The Morgan fingerprint density at radius 3 is 2.57 bits per heavy atom.